The molecule has 0 saturated carbocycles. The molecule has 7 heteroatoms. The van der Waals surface area contributed by atoms with Gasteiger partial charge >= 0.3 is 0 Å². The van der Waals surface area contributed by atoms with Crippen LogP contribution in [0.15, 0.2) is 27.7 Å². The van der Waals surface area contributed by atoms with Gasteiger partial charge in [-0.15, -0.1) is 24.0 Å². The van der Waals surface area contributed by atoms with Crippen molar-refractivity contribution in [2.75, 3.05) is 26.2 Å². The summed E-state index contributed by atoms with van der Waals surface area (Å²) in [5.74, 6) is 0.572. The molecule has 1 aliphatic heterocycles. The highest BCUT2D eigenvalue weighted by molar-refractivity contribution is 14.0. The molecule has 1 unspecified atom stereocenters. The fourth-order valence-corrected chi connectivity index (χ4v) is 2.77. The number of halogens is 3. The minimum atomic E-state index is -0.233. The highest BCUT2D eigenvalue weighted by Gasteiger charge is 2.14. The molecule has 4 nitrogen and oxygen atoms in total. The largest absolute Gasteiger partial charge is 0.376 e. The van der Waals surface area contributed by atoms with E-state index >= 15 is 0 Å². The summed E-state index contributed by atoms with van der Waals surface area (Å²) in [5.41, 5.74) is 1.08. The molecular formula is C16H24BrFIN3O. The first-order valence-electron chi connectivity index (χ1n) is 7.76. The van der Waals surface area contributed by atoms with Gasteiger partial charge in [0.05, 0.1) is 17.1 Å². The van der Waals surface area contributed by atoms with E-state index in [4.69, 9.17) is 4.74 Å². The van der Waals surface area contributed by atoms with Crippen LogP contribution in [0.3, 0.4) is 0 Å². The van der Waals surface area contributed by atoms with Crippen molar-refractivity contribution in [3.05, 3.63) is 34.1 Å². The molecule has 0 spiro atoms. The molecule has 130 valence electrons. The number of nitrogens with zero attached hydrogens (tertiary/aromatic N) is 1. The number of nitrogens with one attached hydrogen (secondary N) is 2. The van der Waals surface area contributed by atoms with Crippen molar-refractivity contribution in [2.45, 2.75) is 32.3 Å². The molecule has 2 rings (SSSR count). The van der Waals surface area contributed by atoms with E-state index in [9.17, 15) is 4.39 Å². The monoisotopic (exact) mass is 499 g/mol. The Morgan fingerprint density at radius 2 is 2.26 bits per heavy atom. The number of ether oxygens (including phenoxy) is 1. The van der Waals surface area contributed by atoms with Crippen LogP contribution >= 0.6 is 39.9 Å². The summed E-state index contributed by atoms with van der Waals surface area (Å²) in [5, 5.41) is 6.53. The molecule has 1 fully saturated rings. The number of hydrogen-bond acceptors (Lipinski definition) is 2. The molecule has 1 saturated heterocycles. The van der Waals surface area contributed by atoms with Crippen molar-refractivity contribution < 1.29 is 9.13 Å². The summed E-state index contributed by atoms with van der Waals surface area (Å²) in [6.07, 6.45) is 3.28. The van der Waals surface area contributed by atoms with Crippen LogP contribution in [0.5, 0.6) is 0 Å². The smallest absolute Gasteiger partial charge is 0.191 e. The first-order valence-corrected chi connectivity index (χ1v) is 8.56. The van der Waals surface area contributed by atoms with Crippen LogP contribution in [0.1, 0.15) is 25.3 Å². The standard InChI is InChI=1S/C16H23BrFN3O.HI/c1-2-19-16(21-11-13-4-3-9-22-13)20-8-7-12-5-6-15(18)14(17)10-12;/h5-6,10,13H,2-4,7-9,11H2,1H3,(H2,19,20,21);1H. The molecule has 1 aromatic carbocycles. The average Bonchev–Trinajstić information content (AvgIpc) is 3.02. The quantitative estimate of drug-likeness (QED) is 0.358. The van der Waals surface area contributed by atoms with Gasteiger partial charge in [-0.1, -0.05) is 6.07 Å². The van der Waals surface area contributed by atoms with Crippen LogP contribution in [0.25, 0.3) is 0 Å². The van der Waals surface area contributed by atoms with E-state index in [-0.39, 0.29) is 35.9 Å². The van der Waals surface area contributed by atoms with E-state index in [0.29, 0.717) is 11.0 Å². The third kappa shape index (κ3) is 7.34. The van der Waals surface area contributed by atoms with Crippen LogP contribution in [0.2, 0.25) is 0 Å². The average molecular weight is 500 g/mol. The summed E-state index contributed by atoms with van der Waals surface area (Å²) in [6, 6.07) is 5.10. The molecule has 1 atom stereocenters. The van der Waals surface area contributed by atoms with E-state index in [1.54, 1.807) is 6.07 Å². The Hall–Kier alpha value is -0.410. The lowest BCUT2D eigenvalue weighted by Gasteiger charge is -2.13. The van der Waals surface area contributed by atoms with Crippen molar-refractivity contribution in [1.82, 2.24) is 10.6 Å². The van der Waals surface area contributed by atoms with Gasteiger partial charge in [0.1, 0.15) is 5.82 Å². The van der Waals surface area contributed by atoms with E-state index in [2.05, 4.69) is 31.6 Å². The number of hydrogen-bond donors (Lipinski definition) is 2. The first-order chi connectivity index (χ1) is 10.7. The SMILES string of the molecule is CCNC(=NCC1CCCO1)NCCc1ccc(F)c(Br)c1.I. The van der Waals surface area contributed by atoms with Gasteiger partial charge in [0.25, 0.3) is 0 Å². The molecule has 0 radical (unpaired) electrons. The molecule has 0 aliphatic carbocycles. The number of rotatable bonds is 6. The molecule has 0 aromatic heterocycles. The van der Waals surface area contributed by atoms with Crippen LogP contribution in [0.4, 0.5) is 4.39 Å². The third-order valence-corrected chi connectivity index (χ3v) is 4.12. The zero-order valence-corrected chi connectivity index (χ0v) is 17.2. The van der Waals surface area contributed by atoms with Crippen LogP contribution < -0.4 is 10.6 Å². The van der Waals surface area contributed by atoms with Crippen molar-refractivity contribution in [3.63, 3.8) is 0 Å². The van der Waals surface area contributed by atoms with Gasteiger partial charge in [-0.05, 0) is 59.8 Å². The maximum atomic E-state index is 13.2. The summed E-state index contributed by atoms with van der Waals surface area (Å²) >= 11 is 3.21. The number of guanidine groups is 1. The lowest BCUT2D eigenvalue weighted by atomic mass is 10.1. The lowest BCUT2D eigenvalue weighted by molar-refractivity contribution is 0.117. The van der Waals surface area contributed by atoms with Crippen LogP contribution in [-0.4, -0.2) is 38.3 Å². The second-order valence-electron chi connectivity index (χ2n) is 5.28. The van der Waals surface area contributed by atoms with Gasteiger partial charge in [-0.25, -0.2) is 4.39 Å². The van der Waals surface area contributed by atoms with Gasteiger partial charge in [-0.3, -0.25) is 4.99 Å². The van der Waals surface area contributed by atoms with E-state index in [1.807, 2.05) is 13.0 Å². The fraction of sp³-hybridized carbons (Fsp3) is 0.562. The van der Waals surface area contributed by atoms with Gasteiger partial charge < -0.3 is 15.4 Å². The molecule has 2 N–H and O–H groups in total. The normalized spacial score (nSPS) is 17.7. The molecule has 23 heavy (non-hydrogen) atoms. The Kier molecular flexibility index (Phi) is 10.0. The van der Waals surface area contributed by atoms with Crippen molar-refractivity contribution >= 4 is 45.9 Å². The second kappa shape index (κ2) is 11.2. The zero-order valence-electron chi connectivity index (χ0n) is 13.3. The summed E-state index contributed by atoms with van der Waals surface area (Å²) in [4.78, 5) is 4.56. The zero-order chi connectivity index (χ0) is 15.8. The predicted octanol–water partition coefficient (Wildman–Crippen LogP) is 3.48. The molecule has 1 aromatic rings. The van der Waals surface area contributed by atoms with Gasteiger partial charge in [0.2, 0.25) is 0 Å². The highest BCUT2D eigenvalue weighted by atomic mass is 127. The Bertz CT molecular complexity index is 510. The van der Waals surface area contributed by atoms with E-state index in [0.717, 1.165) is 50.5 Å². The Balaban J connectivity index is 0.00000264. The second-order valence-corrected chi connectivity index (χ2v) is 6.13. The molecule has 1 heterocycles. The van der Waals surface area contributed by atoms with Crippen molar-refractivity contribution in [2.24, 2.45) is 4.99 Å². The van der Waals surface area contributed by atoms with Gasteiger partial charge in [-0.2, -0.15) is 0 Å². The van der Waals surface area contributed by atoms with E-state index in [1.165, 1.54) is 6.07 Å². The Labute approximate surface area is 162 Å². The summed E-state index contributed by atoms with van der Waals surface area (Å²) in [6.45, 7) is 5.15. The Morgan fingerprint density at radius 1 is 1.43 bits per heavy atom. The number of benzene rings is 1. The minimum absolute atomic E-state index is 0. The van der Waals surface area contributed by atoms with Gasteiger partial charge in [0, 0.05) is 19.7 Å². The van der Waals surface area contributed by atoms with E-state index < -0.39 is 0 Å². The lowest BCUT2D eigenvalue weighted by Crippen LogP contribution is -2.38. The highest BCUT2D eigenvalue weighted by Crippen LogP contribution is 2.17. The topological polar surface area (TPSA) is 45.7 Å². The molecular weight excluding hydrogens is 476 g/mol. The first kappa shape index (κ1) is 20.6. The van der Waals surface area contributed by atoms with Crippen molar-refractivity contribution in [1.29, 1.82) is 0 Å². The number of aliphatic imine (C=N–C) groups is 1. The molecule has 0 bridgehead atoms. The predicted molar refractivity (Wildman–Crippen MR) is 106 cm³/mol. The maximum Gasteiger partial charge on any atom is 0.191 e. The van der Waals surface area contributed by atoms with Crippen LogP contribution in [0, 0.1) is 5.82 Å². The summed E-state index contributed by atoms with van der Waals surface area (Å²) < 4.78 is 19.3. The van der Waals surface area contributed by atoms with Crippen molar-refractivity contribution in [3.8, 4) is 0 Å². The van der Waals surface area contributed by atoms with Crippen LogP contribution in [-0.2, 0) is 11.2 Å². The Morgan fingerprint density at radius 3 is 2.91 bits per heavy atom. The molecule has 1 aliphatic rings. The summed E-state index contributed by atoms with van der Waals surface area (Å²) in [7, 11) is 0. The third-order valence-electron chi connectivity index (χ3n) is 3.51. The minimum Gasteiger partial charge on any atom is -0.376 e. The maximum absolute atomic E-state index is 13.2. The fourth-order valence-electron chi connectivity index (χ4n) is 2.34. The van der Waals surface area contributed by atoms with Gasteiger partial charge in [0.15, 0.2) is 5.96 Å². The molecule has 0 amide bonds.